The number of fused-ring (bicyclic) bond motifs is 1. The molecule has 1 aromatic carbocycles. The number of benzene rings is 1. The van der Waals surface area contributed by atoms with Gasteiger partial charge in [0, 0.05) is 5.02 Å². The minimum Gasteiger partial charge on any atom is -0.495 e. The molecular weight excluding hydrogens is 400 g/mol. The summed E-state index contributed by atoms with van der Waals surface area (Å²) in [6.07, 6.45) is 2.01. The Balaban J connectivity index is 1.58. The number of carbonyl (C=O) groups is 4. The van der Waals surface area contributed by atoms with Gasteiger partial charge < -0.3 is 14.8 Å². The Labute approximate surface area is 173 Å². The van der Waals surface area contributed by atoms with Crippen LogP contribution in [0.5, 0.6) is 5.75 Å². The van der Waals surface area contributed by atoms with Gasteiger partial charge in [0.05, 0.1) is 24.6 Å². The van der Waals surface area contributed by atoms with Crippen molar-refractivity contribution < 1.29 is 28.7 Å². The molecule has 3 rings (SSSR count). The van der Waals surface area contributed by atoms with E-state index in [-0.39, 0.29) is 23.7 Å². The molecule has 1 saturated heterocycles. The number of anilines is 1. The third-order valence-corrected chi connectivity index (χ3v) is 5.55. The van der Waals surface area contributed by atoms with Crippen molar-refractivity contribution in [3.8, 4) is 5.75 Å². The van der Waals surface area contributed by atoms with Crippen molar-refractivity contribution in [3.05, 3.63) is 23.2 Å². The number of halogens is 1. The highest BCUT2D eigenvalue weighted by Gasteiger charge is 2.48. The van der Waals surface area contributed by atoms with Gasteiger partial charge in [-0.25, -0.2) is 0 Å². The van der Waals surface area contributed by atoms with Crippen LogP contribution in [0, 0.1) is 11.8 Å². The van der Waals surface area contributed by atoms with Gasteiger partial charge in [-0.3, -0.25) is 24.1 Å². The molecule has 0 bridgehead atoms. The highest BCUT2D eigenvalue weighted by atomic mass is 35.5. The first-order chi connectivity index (χ1) is 13.8. The second kappa shape index (κ2) is 8.82. The largest absolute Gasteiger partial charge is 0.495 e. The normalized spacial score (nSPS) is 22.1. The predicted octanol–water partition coefficient (Wildman–Crippen LogP) is 2.39. The van der Waals surface area contributed by atoms with Crippen molar-refractivity contribution in [3.63, 3.8) is 0 Å². The van der Waals surface area contributed by atoms with Crippen molar-refractivity contribution in [2.75, 3.05) is 19.0 Å². The van der Waals surface area contributed by atoms with Gasteiger partial charge in [-0.1, -0.05) is 24.4 Å². The van der Waals surface area contributed by atoms with E-state index >= 15 is 0 Å². The van der Waals surface area contributed by atoms with Gasteiger partial charge in [-0.2, -0.15) is 0 Å². The average molecular weight is 423 g/mol. The van der Waals surface area contributed by atoms with E-state index in [1.54, 1.807) is 12.1 Å². The molecule has 0 unspecified atom stereocenters. The van der Waals surface area contributed by atoms with Crippen LogP contribution in [0.2, 0.25) is 5.02 Å². The number of carbonyl (C=O) groups excluding carboxylic acids is 4. The summed E-state index contributed by atoms with van der Waals surface area (Å²) in [6.45, 7) is 0.917. The molecule has 29 heavy (non-hydrogen) atoms. The fourth-order valence-corrected chi connectivity index (χ4v) is 3.99. The van der Waals surface area contributed by atoms with E-state index in [9.17, 15) is 19.2 Å². The molecule has 1 aliphatic carbocycles. The first kappa shape index (κ1) is 21.1. The molecule has 2 aliphatic rings. The number of likely N-dealkylation sites (tertiary alicyclic amines) is 1. The number of nitrogens with one attached hydrogen (secondary N) is 1. The minimum atomic E-state index is -1.14. The summed E-state index contributed by atoms with van der Waals surface area (Å²) in [4.78, 5) is 50.5. The van der Waals surface area contributed by atoms with Crippen molar-refractivity contribution in [1.29, 1.82) is 0 Å². The molecular formula is C20H23ClN2O6. The number of nitrogens with zero attached hydrogens (tertiary/aromatic N) is 1. The van der Waals surface area contributed by atoms with Crippen molar-refractivity contribution in [2.45, 2.75) is 38.7 Å². The Morgan fingerprint density at radius 1 is 1.21 bits per heavy atom. The maximum Gasteiger partial charge on any atom is 0.326 e. The molecule has 0 aromatic heterocycles. The van der Waals surface area contributed by atoms with E-state index in [4.69, 9.17) is 21.1 Å². The minimum absolute atomic E-state index is 0.322. The molecule has 0 radical (unpaired) electrons. The lowest BCUT2D eigenvalue weighted by Crippen LogP contribution is -2.39. The number of hydrogen-bond acceptors (Lipinski definition) is 6. The van der Waals surface area contributed by atoms with Crippen LogP contribution in [-0.2, 0) is 23.9 Å². The van der Waals surface area contributed by atoms with E-state index < -0.39 is 24.5 Å². The van der Waals surface area contributed by atoms with Gasteiger partial charge in [-0.05, 0) is 38.0 Å². The van der Waals surface area contributed by atoms with Gasteiger partial charge in [-0.15, -0.1) is 0 Å². The zero-order valence-electron chi connectivity index (χ0n) is 16.3. The highest BCUT2D eigenvalue weighted by molar-refractivity contribution is 6.31. The maximum atomic E-state index is 12.4. The molecule has 8 nitrogen and oxygen atoms in total. The van der Waals surface area contributed by atoms with Crippen molar-refractivity contribution >= 4 is 41.0 Å². The summed E-state index contributed by atoms with van der Waals surface area (Å²) in [5.41, 5.74) is 0.335. The fraction of sp³-hybridized carbons (Fsp3) is 0.500. The van der Waals surface area contributed by atoms with Crippen LogP contribution in [0.1, 0.15) is 32.6 Å². The number of amides is 3. The first-order valence-corrected chi connectivity index (χ1v) is 9.88. The summed E-state index contributed by atoms with van der Waals surface area (Å²) in [5, 5.41) is 2.99. The van der Waals surface area contributed by atoms with Gasteiger partial charge >= 0.3 is 5.97 Å². The first-order valence-electron chi connectivity index (χ1n) is 9.51. The predicted molar refractivity (Wildman–Crippen MR) is 104 cm³/mol. The molecule has 3 amide bonds. The van der Waals surface area contributed by atoms with Crippen LogP contribution in [0.25, 0.3) is 0 Å². The topological polar surface area (TPSA) is 102 Å². The summed E-state index contributed by atoms with van der Waals surface area (Å²) in [7, 11) is 1.45. The van der Waals surface area contributed by atoms with E-state index in [0.29, 0.717) is 29.3 Å². The molecule has 0 spiro atoms. The number of imide groups is 1. The third kappa shape index (κ3) is 4.53. The van der Waals surface area contributed by atoms with Gasteiger partial charge in [0.2, 0.25) is 11.8 Å². The van der Waals surface area contributed by atoms with E-state index in [1.807, 2.05) is 0 Å². The standard InChI is InChI=1S/C20H23ClN2O6/c1-11(18(25)22-15-9-12(21)7-8-16(15)28-2)29-17(24)10-23-19(26)13-5-3-4-6-14(13)20(23)27/h7-9,11,13-14H,3-6,10H2,1-2H3,(H,22,25)/t11-,13-,14-/m0/s1. The Kier molecular flexibility index (Phi) is 6.42. The molecule has 1 aliphatic heterocycles. The lowest BCUT2D eigenvalue weighted by atomic mass is 9.81. The van der Waals surface area contributed by atoms with Crippen LogP contribution in [-0.4, -0.2) is 48.3 Å². The molecule has 1 N–H and O–H groups in total. The Bertz CT molecular complexity index is 818. The van der Waals surface area contributed by atoms with Crippen LogP contribution in [0.4, 0.5) is 5.69 Å². The fourth-order valence-electron chi connectivity index (χ4n) is 3.82. The smallest absolute Gasteiger partial charge is 0.326 e. The number of hydrogen-bond donors (Lipinski definition) is 1. The van der Waals surface area contributed by atoms with E-state index in [0.717, 1.165) is 17.7 Å². The van der Waals surface area contributed by atoms with Gasteiger partial charge in [0.25, 0.3) is 5.91 Å². The number of rotatable bonds is 6. The lowest BCUT2D eigenvalue weighted by Gasteiger charge is -2.19. The SMILES string of the molecule is COc1ccc(Cl)cc1NC(=O)[C@H](C)OC(=O)CN1C(=O)[C@H]2CCCC[C@@H]2C1=O. The second-order valence-corrected chi connectivity index (χ2v) is 7.66. The van der Waals surface area contributed by atoms with Crippen LogP contribution < -0.4 is 10.1 Å². The van der Waals surface area contributed by atoms with Gasteiger partial charge in [0.1, 0.15) is 12.3 Å². The zero-order chi connectivity index (χ0) is 21.1. The Morgan fingerprint density at radius 2 is 1.83 bits per heavy atom. The number of esters is 1. The molecule has 1 saturated carbocycles. The Hall–Kier alpha value is -2.61. The van der Waals surface area contributed by atoms with Crippen molar-refractivity contribution in [1.82, 2.24) is 4.90 Å². The van der Waals surface area contributed by atoms with Crippen LogP contribution >= 0.6 is 11.6 Å². The summed E-state index contributed by atoms with van der Waals surface area (Å²) in [5.74, 6) is -2.31. The monoisotopic (exact) mass is 422 g/mol. The zero-order valence-corrected chi connectivity index (χ0v) is 17.0. The molecule has 9 heteroatoms. The van der Waals surface area contributed by atoms with Gasteiger partial charge in [0.15, 0.2) is 6.10 Å². The second-order valence-electron chi connectivity index (χ2n) is 7.23. The Morgan fingerprint density at radius 3 is 2.41 bits per heavy atom. The molecule has 3 atom stereocenters. The van der Waals surface area contributed by atoms with Crippen LogP contribution in [0.3, 0.4) is 0 Å². The van der Waals surface area contributed by atoms with E-state index in [2.05, 4.69) is 5.32 Å². The number of methoxy groups -OCH3 is 1. The highest BCUT2D eigenvalue weighted by Crippen LogP contribution is 2.37. The summed E-state index contributed by atoms with van der Waals surface area (Å²) >= 11 is 5.93. The molecule has 2 fully saturated rings. The number of ether oxygens (including phenoxy) is 2. The third-order valence-electron chi connectivity index (χ3n) is 5.32. The summed E-state index contributed by atoms with van der Waals surface area (Å²) in [6, 6.07) is 4.72. The summed E-state index contributed by atoms with van der Waals surface area (Å²) < 4.78 is 10.3. The quantitative estimate of drug-likeness (QED) is 0.558. The van der Waals surface area contributed by atoms with Crippen LogP contribution in [0.15, 0.2) is 18.2 Å². The van der Waals surface area contributed by atoms with E-state index in [1.165, 1.54) is 20.1 Å². The van der Waals surface area contributed by atoms with Crippen molar-refractivity contribution in [2.24, 2.45) is 11.8 Å². The molecule has 1 heterocycles. The average Bonchev–Trinajstić information content (AvgIpc) is 2.93. The maximum absolute atomic E-state index is 12.4. The molecule has 156 valence electrons. The lowest BCUT2D eigenvalue weighted by molar-refractivity contribution is -0.158. The molecule has 1 aromatic rings.